The normalized spacial score (nSPS) is 7.57. The van der Waals surface area contributed by atoms with Gasteiger partial charge in [0, 0.05) is 12.4 Å². The maximum atomic E-state index is 3.87. The first-order chi connectivity index (χ1) is 2.89. The molecule has 0 bridgehead atoms. The van der Waals surface area contributed by atoms with E-state index >= 15 is 0 Å². The van der Waals surface area contributed by atoms with Crippen molar-refractivity contribution in [2.45, 2.75) is 5.16 Å². The van der Waals surface area contributed by atoms with Gasteiger partial charge in [0.1, 0.15) is 0 Å². The predicted octanol–water partition coefficient (Wildman–Crippen LogP) is 1.12. The highest BCUT2D eigenvalue weighted by molar-refractivity contribution is 7.80. The Bertz CT molecular complexity index is 116. The van der Waals surface area contributed by atoms with Crippen LogP contribution in [0.1, 0.15) is 0 Å². The summed E-state index contributed by atoms with van der Waals surface area (Å²) in [6.45, 7) is 0. The molecule has 0 aliphatic heterocycles. The first-order valence-corrected chi connectivity index (χ1v) is 2.02. The number of hydrogen-bond acceptors (Lipinski definition) is 2. The van der Waals surface area contributed by atoms with Gasteiger partial charge < -0.3 is 4.98 Å². The van der Waals surface area contributed by atoms with Gasteiger partial charge in [0.15, 0.2) is 5.16 Å². The van der Waals surface area contributed by atoms with E-state index in [0.29, 0.717) is 5.16 Å². The highest BCUT2D eigenvalue weighted by Crippen LogP contribution is 1.89. The van der Waals surface area contributed by atoms with Crippen LogP contribution in [0.2, 0.25) is 0 Å². The van der Waals surface area contributed by atoms with Crippen molar-refractivity contribution in [2.24, 2.45) is 0 Å². The summed E-state index contributed by atoms with van der Waals surface area (Å²) in [5, 5.41) is 0.662. The summed E-state index contributed by atoms with van der Waals surface area (Å²) in [6.07, 6.45) is 3.38. The Morgan fingerprint density at radius 3 is 2.57 bits per heavy atom. The molecule has 0 unspecified atom stereocenters. The third-order valence-electron chi connectivity index (χ3n) is 0.484. The van der Waals surface area contributed by atoms with Gasteiger partial charge in [0.25, 0.3) is 0 Å². The minimum atomic E-state index is 0. The fraction of sp³-hybridized carbons (Fsp3) is 0. The van der Waals surface area contributed by atoms with Gasteiger partial charge in [-0.1, -0.05) is 0 Å². The van der Waals surface area contributed by atoms with Gasteiger partial charge in [-0.3, -0.25) is 0 Å². The lowest BCUT2D eigenvalue weighted by Crippen LogP contribution is -1.59. The zero-order valence-electron chi connectivity index (χ0n) is 3.46. The number of H-pyrrole nitrogens is 1. The van der Waals surface area contributed by atoms with Crippen molar-refractivity contribution in [1.29, 1.82) is 0 Å². The van der Waals surface area contributed by atoms with Crippen molar-refractivity contribution in [3.8, 4) is 0 Å². The third-order valence-corrected chi connectivity index (χ3v) is 0.728. The highest BCUT2D eigenvalue weighted by atomic mass is 35.5. The summed E-state index contributed by atoms with van der Waals surface area (Å²) < 4.78 is 0. The van der Waals surface area contributed by atoms with Crippen molar-refractivity contribution in [2.75, 3.05) is 0 Å². The van der Waals surface area contributed by atoms with Crippen LogP contribution in [0.4, 0.5) is 0 Å². The Morgan fingerprint density at radius 2 is 2.43 bits per heavy atom. The molecular formula is C3H5ClN2S. The quantitative estimate of drug-likeness (QED) is 0.515. The van der Waals surface area contributed by atoms with Gasteiger partial charge in [-0.05, 0) is 0 Å². The lowest BCUT2D eigenvalue weighted by atomic mass is 11.0. The minimum Gasteiger partial charge on any atom is -0.340 e. The first kappa shape index (κ1) is 6.85. The SMILES string of the molecule is Cl.Sc1ncc[nH]1. The van der Waals surface area contributed by atoms with Gasteiger partial charge in [-0.2, -0.15) is 0 Å². The summed E-state index contributed by atoms with van der Waals surface area (Å²) in [5.41, 5.74) is 0. The fourth-order valence-corrected chi connectivity index (χ4v) is 0.398. The maximum absolute atomic E-state index is 3.87. The number of thiol groups is 1. The molecule has 0 aliphatic carbocycles. The smallest absolute Gasteiger partial charge is 0.162 e. The van der Waals surface area contributed by atoms with Crippen LogP contribution in [0.5, 0.6) is 0 Å². The van der Waals surface area contributed by atoms with Crippen LogP contribution in [0.15, 0.2) is 17.6 Å². The molecule has 1 aromatic rings. The van der Waals surface area contributed by atoms with E-state index in [1.807, 2.05) is 0 Å². The van der Waals surface area contributed by atoms with E-state index in [2.05, 4.69) is 22.6 Å². The summed E-state index contributed by atoms with van der Waals surface area (Å²) in [5.74, 6) is 0. The van der Waals surface area contributed by atoms with Crippen molar-refractivity contribution in [1.82, 2.24) is 9.97 Å². The molecule has 7 heavy (non-hydrogen) atoms. The number of aromatic nitrogens is 2. The van der Waals surface area contributed by atoms with Crippen LogP contribution in [-0.2, 0) is 0 Å². The molecule has 40 valence electrons. The van der Waals surface area contributed by atoms with Gasteiger partial charge in [-0.15, -0.1) is 25.0 Å². The number of halogens is 1. The van der Waals surface area contributed by atoms with Gasteiger partial charge in [0.05, 0.1) is 0 Å². The second-order valence-electron chi connectivity index (χ2n) is 0.913. The minimum absolute atomic E-state index is 0. The molecule has 0 aliphatic rings. The Hall–Kier alpha value is -0.150. The topological polar surface area (TPSA) is 28.7 Å². The first-order valence-electron chi connectivity index (χ1n) is 1.58. The Balaban J connectivity index is 0.000000360. The van der Waals surface area contributed by atoms with E-state index in [0.717, 1.165) is 0 Å². The highest BCUT2D eigenvalue weighted by Gasteiger charge is 1.75. The molecule has 2 nitrogen and oxygen atoms in total. The molecule has 0 atom stereocenters. The Kier molecular flexibility index (Phi) is 2.87. The number of nitrogens with one attached hydrogen (secondary N) is 1. The third kappa shape index (κ3) is 1.85. The van der Waals surface area contributed by atoms with E-state index < -0.39 is 0 Å². The van der Waals surface area contributed by atoms with Crippen LogP contribution >= 0.6 is 25.0 Å². The van der Waals surface area contributed by atoms with E-state index in [1.165, 1.54) is 0 Å². The number of imidazole rings is 1. The van der Waals surface area contributed by atoms with Crippen LogP contribution < -0.4 is 0 Å². The molecule has 4 heteroatoms. The molecule has 0 fully saturated rings. The summed E-state index contributed by atoms with van der Waals surface area (Å²) >= 11 is 3.87. The predicted molar refractivity (Wildman–Crippen MR) is 33.1 cm³/mol. The second kappa shape index (κ2) is 2.93. The average molecular weight is 137 g/mol. The summed E-state index contributed by atoms with van der Waals surface area (Å²) in [6, 6.07) is 0. The molecule has 0 aromatic carbocycles. The average Bonchev–Trinajstić information content (AvgIpc) is 1.86. The molecule has 1 N–H and O–H groups in total. The fourth-order valence-electron chi connectivity index (χ4n) is 0.257. The van der Waals surface area contributed by atoms with Crippen molar-refractivity contribution in [3.05, 3.63) is 12.4 Å². The number of hydrogen-bond donors (Lipinski definition) is 2. The lowest BCUT2D eigenvalue weighted by molar-refractivity contribution is 1.07. The lowest BCUT2D eigenvalue weighted by Gasteiger charge is -1.67. The standard InChI is InChI=1S/C3H4N2S.ClH/c6-3-4-1-2-5-3;/h1-2H,(H2,4,5,6);1H. The number of nitrogens with zero attached hydrogens (tertiary/aromatic N) is 1. The molecule has 0 saturated carbocycles. The molecule has 0 radical (unpaired) electrons. The molecular weight excluding hydrogens is 132 g/mol. The molecule has 1 heterocycles. The monoisotopic (exact) mass is 136 g/mol. The molecule has 0 amide bonds. The number of aromatic amines is 1. The van der Waals surface area contributed by atoms with Gasteiger partial charge in [-0.25, -0.2) is 4.98 Å². The van der Waals surface area contributed by atoms with Crippen LogP contribution in [0.25, 0.3) is 0 Å². The van der Waals surface area contributed by atoms with Crippen molar-refractivity contribution in [3.63, 3.8) is 0 Å². The largest absolute Gasteiger partial charge is 0.340 e. The van der Waals surface area contributed by atoms with Crippen LogP contribution in [-0.4, -0.2) is 9.97 Å². The molecule has 0 saturated heterocycles. The van der Waals surface area contributed by atoms with E-state index in [4.69, 9.17) is 0 Å². The van der Waals surface area contributed by atoms with Crippen LogP contribution in [0.3, 0.4) is 0 Å². The Labute approximate surface area is 53.2 Å². The Morgan fingerprint density at radius 1 is 1.71 bits per heavy atom. The molecule has 0 spiro atoms. The van der Waals surface area contributed by atoms with E-state index in [-0.39, 0.29) is 12.4 Å². The van der Waals surface area contributed by atoms with Crippen LogP contribution in [0, 0.1) is 0 Å². The zero-order valence-corrected chi connectivity index (χ0v) is 5.17. The van der Waals surface area contributed by atoms with Crippen molar-refractivity contribution >= 4 is 25.0 Å². The van der Waals surface area contributed by atoms with Gasteiger partial charge >= 0.3 is 0 Å². The number of rotatable bonds is 0. The second-order valence-corrected chi connectivity index (χ2v) is 1.34. The zero-order chi connectivity index (χ0) is 4.41. The van der Waals surface area contributed by atoms with Gasteiger partial charge in [0.2, 0.25) is 0 Å². The summed E-state index contributed by atoms with van der Waals surface area (Å²) in [4.78, 5) is 6.48. The van der Waals surface area contributed by atoms with E-state index in [1.54, 1.807) is 12.4 Å². The molecule has 1 rings (SSSR count). The van der Waals surface area contributed by atoms with E-state index in [9.17, 15) is 0 Å². The molecule has 1 aromatic heterocycles. The van der Waals surface area contributed by atoms with Crippen molar-refractivity contribution < 1.29 is 0 Å². The maximum Gasteiger partial charge on any atom is 0.162 e. The summed E-state index contributed by atoms with van der Waals surface area (Å²) in [7, 11) is 0.